The molecule has 0 spiro atoms. The number of hydrogen-bond donors (Lipinski definition) is 1. The van der Waals surface area contributed by atoms with Gasteiger partial charge in [-0.15, -0.1) is 10.2 Å². The lowest BCUT2D eigenvalue weighted by Gasteiger charge is -2.34. The van der Waals surface area contributed by atoms with Gasteiger partial charge in [0.15, 0.2) is 5.16 Å². The number of nitrogens with zero attached hydrogens (tertiary/aromatic N) is 3. The van der Waals surface area contributed by atoms with E-state index in [2.05, 4.69) is 41.5 Å². The molecule has 3 aromatic rings. The minimum atomic E-state index is 0.0900. The van der Waals surface area contributed by atoms with Gasteiger partial charge in [-0.3, -0.25) is 9.20 Å². The summed E-state index contributed by atoms with van der Waals surface area (Å²) in [5.41, 5.74) is 1.10. The van der Waals surface area contributed by atoms with Gasteiger partial charge in [0.2, 0.25) is 10.9 Å². The van der Waals surface area contributed by atoms with E-state index in [1.54, 1.807) is 11.3 Å². The molecule has 1 aliphatic rings. The standard InChI is InChI=1S/C18H22N4OS2/c1-11-6-5-7-13(12(11)2)19-16(23)10-24-17-20-21-18-22(17)14-8-3-4-9-15(14)25-18/h3-4,8-9,11-13H,5-7,10H2,1-2H3,(H,19,23)/t11-,12-,13+/m1/s1. The fourth-order valence-electron chi connectivity index (χ4n) is 3.61. The van der Waals surface area contributed by atoms with Crippen LogP contribution in [-0.4, -0.2) is 32.3 Å². The Morgan fingerprint density at radius 2 is 2.16 bits per heavy atom. The molecule has 0 saturated heterocycles. The normalized spacial score (nSPS) is 24.0. The van der Waals surface area contributed by atoms with Crippen LogP contribution in [0.1, 0.15) is 33.1 Å². The van der Waals surface area contributed by atoms with Gasteiger partial charge in [-0.1, -0.05) is 61.9 Å². The zero-order valence-electron chi connectivity index (χ0n) is 14.4. The van der Waals surface area contributed by atoms with Crippen molar-refractivity contribution >= 4 is 44.2 Å². The van der Waals surface area contributed by atoms with Crippen LogP contribution < -0.4 is 5.32 Å². The first-order valence-electron chi connectivity index (χ1n) is 8.78. The molecular weight excluding hydrogens is 352 g/mol. The second-order valence-corrected chi connectivity index (χ2v) is 8.85. The largest absolute Gasteiger partial charge is 0.352 e. The average Bonchev–Trinajstić information content (AvgIpc) is 3.16. The van der Waals surface area contributed by atoms with Crippen molar-refractivity contribution in [2.24, 2.45) is 11.8 Å². The molecule has 0 bridgehead atoms. The highest BCUT2D eigenvalue weighted by molar-refractivity contribution is 7.99. The zero-order valence-corrected chi connectivity index (χ0v) is 16.1. The van der Waals surface area contributed by atoms with Crippen LogP contribution in [0.15, 0.2) is 29.4 Å². The molecule has 7 heteroatoms. The van der Waals surface area contributed by atoms with E-state index in [4.69, 9.17) is 0 Å². The number of fused-ring (bicyclic) bond motifs is 3. The van der Waals surface area contributed by atoms with Gasteiger partial charge in [-0.2, -0.15) is 0 Å². The Hall–Kier alpha value is -1.60. The predicted octanol–water partition coefficient (Wildman–Crippen LogP) is 3.98. The molecule has 3 atom stereocenters. The van der Waals surface area contributed by atoms with Crippen LogP contribution in [0.5, 0.6) is 0 Å². The Morgan fingerprint density at radius 3 is 3.04 bits per heavy atom. The Labute approximate surface area is 155 Å². The van der Waals surface area contributed by atoms with Crippen molar-refractivity contribution in [1.29, 1.82) is 0 Å². The van der Waals surface area contributed by atoms with E-state index in [0.717, 1.165) is 22.1 Å². The molecular formula is C18H22N4OS2. The first-order chi connectivity index (χ1) is 12.1. The zero-order chi connectivity index (χ0) is 17.4. The molecule has 1 fully saturated rings. The van der Waals surface area contributed by atoms with Gasteiger partial charge in [0, 0.05) is 6.04 Å². The molecule has 2 heterocycles. The van der Waals surface area contributed by atoms with E-state index in [1.807, 2.05) is 16.5 Å². The third kappa shape index (κ3) is 3.27. The summed E-state index contributed by atoms with van der Waals surface area (Å²) >= 11 is 3.08. The van der Waals surface area contributed by atoms with Crippen LogP contribution in [0.3, 0.4) is 0 Å². The van der Waals surface area contributed by atoms with E-state index < -0.39 is 0 Å². The number of aromatic nitrogens is 3. The monoisotopic (exact) mass is 374 g/mol. The van der Waals surface area contributed by atoms with Crippen molar-refractivity contribution in [2.75, 3.05) is 5.75 Å². The SMILES string of the molecule is C[C@@H]1[C@H](C)CCC[C@@H]1NC(=O)CSc1nnc2sc3ccccc3n12. The van der Waals surface area contributed by atoms with Crippen molar-refractivity contribution in [1.82, 2.24) is 19.9 Å². The summed E-state index contributed by atoms with van der Waals surface area (Å²) in [5.74, 6) is 1.69. The first kappa shape index (κ1) is 16.8. The molecule has 1 N–H and O–H groups in total. The highest BCUT2D eigenvalue weighted by Gasteiger charge is 2.28. The van der Waals surface area contributed by atoms with Gasteiger partial charge < -0.3 is 5.32 Å². The minimum absolute atomic E-state index is 0.0900. The van der Waals surface area contributed by atoms with Gasteiger partial charge in [-0.05, 0) is 30.4 Å². The Kier molecular flexibility index (Phi) is 4.69. The summed E-state index contributed by atoms with van der Waals surface area (Å²) in [6, 6.07) is 8.50. The predicted molar refractivity (Wildman–Crippen MR) is 103 cm³/mol. The maximum absolute atomic E-state index is 12.4. The number of rotatable bonds is 4. The number of thioether (sulfide) groups is 1. The van der Waals surface area contributed by atoms with E-state index in [-0.39, 0.29) is 5.91 Å². The molecule has 0 radical (unpaired) electrons. The number of carbonyl (C=O) groups is 1. The summed E-state index contributed by atoms with van der Waals surface area (Å²) in [6.45, 7) is 4.54. The Bertz CT molecular complexity index is 903. The number of amides is 1. The number of hydrogen-bond acceptors (Lipinski definition) is 5. The highest BCUT2D eigenvalue weighted by Crippen LogP contribution is 2.31. The van der Waals surface area contributed by atoms with Crippen molar-refractivity contribution in [3.63, 3.8) is 0 Å². The van der Waals surface area contributed by atoms with E-state index in [9.17, 15) is 4.79 Å². The van der Waals surface area contributed by atoms with Crippen molar-refractivity contribution in [3.05, 3.63) is 24.3 Å². The lowest BCUT2D eigenvalue weighted by atomic mass is 9.78. The molecule has 1 amide bonds. The summed E-state index contributed by atoms with van der Waals surface area (Å²) in [5, 5.41) is 12.5. The van der Waals surface area contributed by atoms with Crippen LogP contribution >= 0.6 is 23.1 Å². The number of carbonyl (C=O) groups excluding carboxylic acids is 1. The van der Waals surface area contributed by atoms with E-state index in [1.165, 1.54) is 29.3 Å². The van der Waals surface area contributed by atoms with Crippen LogP contribution in [0, 0.1) is 11.8 Å². The van der Waals surface area contributed by atoms with Gasteiger partial charge in [0.1, 0.15) is 0 Å². The highest BCUT2D eigenvalue weighted by atomic mass is 32.2. The Morgan fingerprint density at radius 1 is 1.32 bits per heavy atom. The van der Waals surface area contributed by atoms with Crippen molar-refractivity contribution < 1.29 is 4.79 Å². The smallest absolute Gasteiger partial charge is 0.230 e. The molecule has 1 aliphatic carbocycles. The van der Waals surface area contributed by atoms with Crippen LogP contribution in [0.25, 0.3) is 15.2 Å². The molecule has 2 aromatic heterocycles. The number of thiazole rings is 1. The molecule has 132 valence electrons. The molecule has 4 rings (SSSR count). The average molecular weight is 375 g/mol. The minimum Gasteiger partial charge on any atom is -0.352 e. The third-order valence-corrected chi connectivity index (χ3v) is 7.24. The van der Waals surface area contributed by atoms with Gasteiger partial charge in [0.05, 0.1) is 16.0 Å². The van der Waals surface area contributed by atoms with Gasteiger partial charge >= 0.3 is 0 Å². The molecule has 1 saturated carbocycles. The number of benzene rings is 1. The second kappa shape index (κ2) is 6.96. The van der Waals surface area contributed by atoms with Crippen LogP contribution in [0.4, 0.5) is 0 Å². The fraction of sp³-hybridized carbons (Fsp3) is 0.500. The summed E-state index contributed by atoms with van der Waals surface area (Å²) in [7, 11) is 0. The maximum Gasteiger partial charge on any atom is 0.230 e. The van der Waals surface area contributed by atoms with Crippen LogP contribution in [-0.2, 0) is 4.79 Å². The first-order valence-corrected chi connectivity index (χ1v) is 10.6. The molecule has 0 aliphatic heterocycles. The fourth-order valence-corrected chi connectivity index (χ4v) is 5.39. The van der Waals surface area contributed by atoms with Crippen LogP contribution in [0.2, 0.25) is 0 Å². The van der Waals surface area contributed by atoms with E-state index >= 15 is 0 Å². The molecule has 5 nitrogen and oxygen atoms in total. The quantitative estimate of drug-likeness (QED) is 0.702. The third-order valence-electron chi connectivity index (χ3n) is 5.30. The lowest BCUT2D eigenvalue weighted by Crippen LogP contribution is -2.44. The van der Waals surface area contributed by atoms with E-state index in [0.29, 0.717) is 23.6 Å². The molecule has 25 heavy (non-hydrogen) atoms. The second-order valence-electron chi connectivity index (χ2n) is 6.90. The van der Waals surface area contributed by atoms with Gasteiger partial charge in [-0.25, -0.2) is 0 Å². The Balaban J connectivity index is 1.44. The number of para-hydroxylation sites is 1. The maximum atomic E-state index is 12.4. The summed E-state index contributed by atoms with van der Waals surface area (Å²) in [6.07, 6.45) is 3.56. The summed E-state index contributed by atoms with van der Waals surface area (Å²) < 4.78 is 3.23. The van der Waals surface area contributed by atoms with Gasteiger partial charge in [0.25, 0.3) is 0 Å². The topological polar surface area (TPSA) is 59.3 Å². The molecule has 0 unspecified atom stereocenters. The van der Waals surface area contributed by atoms with Crippen molar-refractivity contribution in [3.8, 4) is 0 Å². The molecule has 1 aromatic carbocycles. The lowest BCUT2D eigenvalue weighted by molar-refractivity contribution is -0.120. The van der Waals surface area contributed by atoms with Crippen molar-refractivity contribution in [2.45, 2.75) is 44.3 Å². The summed E-state index contributed by atoms with van der Waals surface area (Å²) in [4.78, 5) is 13.3. The number of nitrogens with one attached hydrogen (secondary N) is 1.